The fourth-order valence-electron chi connectivity index (χ4n) is 6.43. The lowest BCUT2D eigenvalue weighted by molar-refractivity contribution is -0.131. The predicted molar refractivity (Wildman–Crippen MR) is 131 cm³/mol. The van der Waals surface area contributed by atoms with Crippen LogP contribution in [0.2, 0.25) is 0 Å². The minimum absolute atomic E-state index is 0.173. The molecule has 9 nitrogen and oxygen atoms in total. The van der Waals surface area contributed by atoms with Gasteiger partial charge >= 0.3 is 0 Å². The number of piperazine rings is 1. The smallest absolute Gasteiger partial charge is 0.243 e. The first-order valence-electron chi connectivity index (χ1n) is 13.1. The number of benzene rings is 1. The lowest BCUT2D eigenvalue weighted by Crippen LogP contribution is -2.53. The third-order valence-corrected chi connectivity index (χ3v) is 8.13. The van der Waals surface area contributed by atoms with Crippen molar-refractivity contribution in [1.82, 2.24) is 30.4 Å². The van der Waals surface area contributed by atoms with Gasteiger partial charge in [0.2, 0.25) is 11.9 Å². The molecule has 1 aliphatic carbocycles. The molecule has 2 N–H and O–H groups in total. The number of aromatic nitrogens is 3. The molecule has 1 amide bonds. The highest BCUT2D eigenvalue weighted by Gasteiger charge is 2.47. The summed E-state index contributed by atoms with van der Waals surface area (Å²) in [6.07, 6.45) is 7.37. The molecule has 10 heteroatoms. The van der Waals surface area contributed by atoms with Gasteiger partial charge in [-0.25, -0.2) is 9.82 Å². The highest BCUT2D eigenvalue weighted by atomic mass is 19.1. The Kier molecular flexibility index (Phi) is 6.09. The fourth-order valence-corrected chi connectivity index (χ4v) is 6.43. The summed E-state index contributed by atoms with van der Waals surface area (Å²) in [7, 11) is 0. The zero-order valence-corrected chi connectivity index (χ0v) is 20.4. The Bertz CT molecular complexity index is 1070. The molecule has 1 saturated carbocycles. The van der Waals surface area contributed by atoms with Crippen LogP contribution in [0.4, 0.5) is 16.0 Å². The number of halogens is 1. The summed E-state index contributed by atoms with van der Waals surface area (Å²) in [6, 6.07) is 7.27. The molecule has 6 rings (SSSR count). The maximum Gasteiger partial charge on any atom is 0.243 e. The molecule has 4 unspecified atom stereocenters. The highest BCUT2D eigenvalue weighted by molar-refractivity contribution is 5.76. The van der Waals surface area contributed by atoms with Crippen molar-refractivity contribution < 1.29 is 9.18 Å². The summed E-state index contributed by atoms with van der Waals surface area (Å²) < 4.78 is 16.5. The topological polar surface area (TPSA) is 81.6 Å². The predicted octanol–water partition coefficient (Wildman–Crippen LogP) is 2.42. The fraction of sp³-hybridized carbons (Fsp3) is 0.640. The van der Waals surface area contributed by atoms with Crippen molar-refractivity contribution in [2.75, 3.05) is 36.1 Å². The number of carbonyl (C=O) groups is 1. The van der Waals surface area contributed by atoms with E-state index < -0.39 is 0 Å². The molecule has 0 bridgehead atoms. The number of carbonyl (C=O) groups excluding carboxylic acids is 1. The van der Waals surface area contributed by atoms with E-state index in [-0.39, 0.29) is 24.1 Å². The Morgan fingerprint density at radius 2 is 1.91 bits per heavy atom. The minimum atomic E-state index is -0.204. The lowest BCUT2D eigenvalue weighted by atomic mass is 9.81. The molecule has 188 valence electrons. The van der Waals surface area contributed by atoms with Crippen LogP contribution in [0.15, 0.2) is 24.3 Å². The summed E-state index contributed by atoms with van der Waals surface area (Å²) in [5.74, 6) is 2.40. The molecular weight excluding hydrogens is 447 g/mol. The van der Waals surface area contributed by atoms with Crippen molar-refractivity contribution in [3.8, 4) is 0 Å². The molecule has 3 aliphatic heterocycles. The van der Waals surface area contributed by atoms with E-state index in [0.717, 1.165) is 31.0 Å². The zero-order chi connectivity index (χ0) is 23.9. The summed E-state index contributed by atoms with van der Waals surface area (Å²) in [4.78, 5) is 16.8. The molecule has 4 heterocycles. The third-order valence-electron chi connectivity index (χ3n) is 8.13. The summed E-state index contributed by atoms with van der Waals surface area (Å²) in [5.41, 5.74) is 4.13. The Morgan fingerprint density at radius 3 is 2.74 bits per heavy atom. The van der Waals surface area contributed by atoms with Gasteiger partial charge in [0.25, 0.3) is 0 Å². The molecule has 2 saturated heterocycles. The van der Waals surface area contributed by atoms with E-state index in [4.69, 9.17) is 0 Å². The minimum Gasteiger partial charge on any atom is -0.366 e. The first kappa shape index (κ1) is 22.7. The van der Waals surface area contributed by atoms with Gasteiger partial charge in [-0.1, -0.05) is 25.0 Å². The molecule has 1 aromatic carbocycles. The number of nitrogens with one attached hydrogen (secondary N) is 2. The van der Waals surface area contributed by atoms with Gasteiger partial charge in [-0.2, -0.15) is 0 Å². The van der Waals surface area contributed by atoms with Gasteiger partial charge in [0, 0.05) is 51.0 Å². The van der Waals surface area contributed by atoms with E-state index in [1.165, 1.54) is 25.3 Å². The van der Waals surface area contributed by atoms with Crippen molar-refractivity contribution >= 4 is 17.5 Å². The van der Waals surface area contributed by atoms with Crippen LogP contribution in [-0.4, -0.2) is 64.1 Å². The molecule has 2 aromatic rings. The van der Waals surface area contributed by atoms with Gasteiger partial charge in [-0.05, 0) is 38.3 Å². The van der Waals surface area contributed by atoms with Crippen LogP contribution < -0.4 is 20.7 Å². The van der Waals surface area contributed by atoms with Crippen LogP contribution in [0.5, 0.6) is 0 Å². The summed E-state index contributed by atoms with van der Waals surface area (Å²) in [6.45, 7) is 4.71. The van der Waals surface area contributed by atoms with Crippen LogP contribution >= 0.6 is 0 Å². The summed E-state index contributed by atoms with van der Waals surface area (Å²) in [5, 5.41) is 15.0. The quantitative estimate of drug-likeness (QED) is 0.677. The molecule has 4 atom stereocenters. The van der Waals surface area contributed by atoms with Gasteiger partial charge in [-0.15, -0.1) is 10.2 Å². The number of hydrogen-bond donors (Lipinski definition) is 2. The van der Waals surface area contributed by atoms with Gasteiger partial charge in [-0.3, -0.25) is 19.7 Å². The average molecular weight is 483 g/mol. The van der Waals surface area contributed by atoms with Crippen LogP contribution in [0, 0.1) is 11.7 Å². The monoisotopic (exact) mass is 482 g/mol. The second-order valence-electron chi connectivity index (χ2n) is 10.3. The zero-order valence-electron chi connectivity index (χ0n) is 20.4. The first-order chi connectivity index (χ1) is 17.1. The Labute approximate surface area is 205 Å². The van der Waals surface area contributed by atoms with Crippen LogP contribution in [0.3, 0.4) is 0 Å². The number of rotatable bonds is 5. The van der Waals surface area contributed by atoms with Gasteiger partial charge in [0.1, 0.15) is 17.8 Å². The number of hydrogen-bond acceptors (Lipinski definition) is 7. The molecule has 1 aromatic heterocycles. The molecule has 4 aliphatic rings. The largest absolute Gasteiger partial charge is 0.366 e. The Morgan fingerprint density at radius 1 is 1.11 bits per heavy atom. The van der Waals surface area contributed by atoms with Crippen LogP contribution in [-0.2, 0) is 11.2 Å². The van der Waals surface area contributed by atoms with E-state index in [2.05, 4.69) is 37.4 Å². The van der Waals surface area contributed by atoms with Crippen molar-refractivity contribution in [2.24, 2.45) is 5.92 Å². The van der Waals surface area contributed by atoms with Crippen molar-refractivity contribution in [2.45, 2.75) is 70.2 Å². The van der Waals surface area contributed by atoms with Gasteiger partial charge in [0.05, 0.1) is 11.9 Å². The Hall–Kier alpha value is -2.72. The van der Waals surface area contributed by atoms with Crippen molar-refractivity contribution in [3.63, 3.8) is 0 Å². The van der Waals surface area contributed by atoms with E-state index in [1.54, 1.807) is 12.1 Å². The number of aryl methyl sites for hydroxylation is 1. The lowest BCUT2D eigenvalue weighted by Gasteiger charge is -2.44. The standard InChI is InChI=1S/C25H35FN8O/c1-17-27-24-18-7-2-4-9-20(18)33-22(28-29-25(33)34(24)30-17)11-6-12-23(35)32-15-13-31(14-16-32)21-10-5-3-8-19(21)26/h3,5,8,10,17-18,20,24,27,30H,2,4,6-7,9,11-16H2,1H3. The van der Waals surface area contributed by atoms with Crippen molar-refractivity contribution in [3.05, 3.63) is 35.9 Å². The maximum absolute atomic E-state index is 14.1. The highest BCUT2D eigenvalue weighted by Crippen LogP contribution is 2.44. The number of hydrazine groups is 1. The van der Waals surface area contributed by atoms with E-state index in [0.29, 0.717) is 50.2 Å². The molecule has 35 heavy (non-hydrogen) atoms. The number of fused-ring (bicyclic) bond motifs is 6. The van der Waals surface area contributed by atoms with E-state index in [9.17, 15) is 9.18 Å². The maximum atomic E-state index is 14.1. The van der Waals surface area contributed by atoms with Crippen LogP contribution in [0.25, 0.3) is 0 Å². The van der Waals surface area contributed by atoms with Crippen LogP contribution in [0.1, 0.15) is 57.3 Å². The molecule has 3 fully saturated rings. The molecular formula is C25H35FN8O. The van der Waals surface area contributed by atoms with E-state index >= 15 is 0 Å². The number of nitrogens with zero attached hydrogens (tertiary/aromatic N) is 6. The summed E-state index contributed by atoms with van der Waals surface area (Å²) >= 11 is 0. The molecule has 0 spiro atoms. The number of anilines is 2. The Balaban J connectivity index is 1.06. The van der Waals surface area contributed by atoms with E-state index in [1.807, 2.05) is 15.9 Å². The van der Waals surface area contributed by atoms with Crippen molar-refractivity contribution in [1.29, 1.82) is 0 Å². The average Bonchev–Trinajstić information content (AvgIpc) is 3.48. The second kappa shape index (κ2) is 9.39. The first-order valence-corrected chi connectivity index (χ1v) is 13.1. The SMILES string of the molecule is CC1NC2C3CCCCC3n3c(CCCC(=O)N4CCN(c5ccccc5F)CC4)nnc3N2N1. The van der Waals surface area contributed by atoms with Gasteiger partial charge < -0.3 is 9.80 Å². The number of amides is 1. The van der Waals surface area contributed by atoms with Gasteiger partial charge in [0.15, 0.2) is 0 Å². The number of para-hydroxylation sites is 1. The second-order valence-corrected chi connectivity index (χ2v) is 10.3. The molecule has 0 radical (unpaired) electrons. The normalized spacial score (nSPS) is 28.0. The third kappa shape index (κ3) is 4.16.